The fourth-order valence-corrected chi connectivity index (χ4v) is 7.92. The van der Waals surface area contributed by atoms with Crippen molar-refractivity contribution in [2.45, 2.75) is 109 Å². The summed E-state index contributed by atoms with van der Waals surface area (Å²) in [5, 5.41) is -0.462. The molecule has 226 valence electrons. The van der Waals surface area contributed by atoms with Gasteiger partial charge < -0.3 is 19.3 Å². The minimum absolute atomic E-state index is 0.0674. The molecule has 0 aliphatic carbocycles. The first kappa shape index (κ1) is 32.7. The number of nitrogens with two attached hydrogens (primary N) is 1. The van der Waals surface area contributed by atoms with Gasteiger partial charge in [-0.1, -0.05) is 48.1 Å². The van der Waals surface area contributed by atoms with Crippen molar-refractivity contribution in [1.82, 2.24) is 9.55 Å². The van der Waals surface area contributed by atoms with E-state index in [4.69, 9.17) is 23.5 Å². The van der Waals surface area contributed by atoms with Gasteiger partial charge in [-0.25, -0.2) is 8.98 Å². The summed E-state index contributed by atoms with van der Waals surface area (Å²) in [4.78, 5) is 27.3. The molecule has 0 aromatic carbocycles. The lowest BCUT2D eigenvalue weighted by Gasteiger charge is -2.43. The number of aryl methyl sites for hydroxylation is 1. The summed E-state index contributed by atoms with van der Waals surface area (Å²) in [6.07, 6.45) is -0.943. The van der Waals surface area contributed by atoms with E-state index in [1.165, 1.54) is 10.8 Å². The fourth-order valence-electron chi connectivity index (χ4n) is 4.26. The molecule has 3 N–H and O–H groups in total. The molecule has 40 heavy (non-hydrogen) atoms. The van der Waals surface area contributed by atoms with Crippen LogP contribution in [0.5, 0.6) is 0 Å². The van der Waals surface area contributed by atoms with Gasteiger partial charge in [0.1, 0.15) is 17.1 Å². The number of allylic oxidation sites excluding steroid dienone is 1. The van der Waals surface area contributed by atoms with Crippen LogP contribution in [0.3, 0.4) is 0 Å². The fraction of sp³-hybridized carbons (Fsp3) is 0.692. The van der Waals surface area contributed by atoms with Crippen LogP contribution in [0.25, 0.3) is 0 Å². The third-order valence-electron chi connectivity index (χ3n) is 8.90. The van der Waals surface area contributed by atoms with Gasteiger partial charge in [0.2, 0.25) is 0 Å². The van der Waals surface area contributed by atoms with E-state index in [1.807, 2.05) is 33.9 Å². The molecule has 11 nitrogen and oxygen atoms in total. The monoisotopic (exact) mass is 615 g/mol. The van der Waals surface area contributed by atoms with E-state index < -0.39 is 62.0 Å². The second-order valence-electron chi connectivity index (χ2n) is 13.7. The summed E-state index contributed by atoms with van der Waals surface area (Å²) in [7, 11) is -9.39. The number of hydrogen-bond acceptors (Lipinski definition) is 9. The molecule has 0 bridgehead atoms. The molecule has 0 saturated carbocycles. The third-order valence-corrected chi connectivity index (χ3v) is 19.3. The van der Waals surface area contributed by atoms with Crippen LogP contribution in [0, 0.1) is 6.92 Å². The molecule has 1 fully saturated rings. The topological polar surface area (TPSA) is 152 Å². The molecular formula is C26H45N3O8SSi2. The summed E-state index contributed by atoms with van der Waals surface area (Å²) in [5.74, 6) is 0. The molecule has 2 aliphatic rings. The van der Waals surface area contributed by atoms with E-state index in [9.17, 15) is 18.0 Å². The Morgan fingerprint density at radius 1 is 1.12 bits per heavy atom. The predicted octanol–water partition coefficient (Wildman–Crippen LogP) is 3.61. The lowest BCUT2D eigenvalue weighted by Crippen LogP contribution is -2.59. The van der Waals surface area contributed by atoms with Crippen LogP contribution in [-0.4, -0.2) is 59.0 Å². The zero-order valence-electron chi connectivity index (χ0n) is 25.5. The van der Waals surface area contributed by atoms with Crippen LogP contribution in [0.15, 0.2) is 39.0 Å². The molecule has 1 spiro atoms. The van der Waals surface area contributed by atoms with Gasteiger partial charge in [0.25, 0.3) is 15.7 Å². The first-order valence-corrected chi connectivity index (χ1v) is 20.5. The van der Waals surface area contributed by atoms with Crippen molar-refractivity contribution in [2.24, 2.45) is 5.73 Å². The molecule has 1 aromatic rings. The lowest BCUT2D eigenvalue weighted by molar-refractivity contribution is -0.0563. The zero-order chi connectivity index (χ0) is 30.9. The minimum atomic E-state index is -4.35. The highest BCUT2D eigenvalue weighted by Gasteiger charge is 2.68. The van der Waals surface area contributed by atoms with Crippen LogP contribution in [0.1, 0.15) is 53.3 Å². The number of nitrogens with one attached hydrogen (secondary N) is 1. The van der Waals surface area contributed by atoms with E-state index in [0.29, 0.717) is 0 Å². The maximum atomic E-state index is 13.3. The minimum Gasteiger partial charge on any atom is -0.414 e. The molecule has 1 saturated heterocycles. The van der Waals surface area contributed by atoms with Crippen molar-refractivity contribution in [1.29, 1.82) is 0 Å². The first-order chi connectivity index (χ1) is 17.9. The van der Waals surface area contributed by atoms with Gasteiger partial charge in [-0.2, -0.15) is 8.42 Å². The molecule has 14 heteroatoms. The standard InChI is InChI=1S/C26H45N3O8SSi2/c1-13-17-19(27)26(37-38(17,32)33)18(15-34-39(9,10)24(3,4)5)35-22(20(26)36-40(11,12)25(6,7)8)29-14-16(2)21(30)28-23(29)31/h13-14,18,20,22H,1,15,27H2,2-12H3,(H,28,30,31)/t18?,20-,22+,26?/m0/s1. The van der Waals surface area contributed by atoms with Crippen LogP contribution in [-0.2, 0) is 27.9 Å². The molecule has 0 radical (unpaired) electrons. The SMILES string of the molecule is C=CC1=C(N)C2(OS1(=O)=O)C(CO[Si](C)(C)C(C)(C)C)O[C@@H](n1cc(C)c(=O)[nH]c1=O)[C@@H]2O[Si](C)(C)C(C)(C)C. The van der Waals surface area contributed by atoms with Gasteiger partial charge in [0.05, 0.1) is 12.3 Å². The van der Waals surface area contributed by atoms with Gasteiger partial charge in [0, 0.05) is 11.8 Å². The Morgan fingerprint density at radius 3 is 2.15 bits per heavy atom. The van der Waals surface area contributed by atoms with Crippen molar-refractivity contribution in [3.63, 3.8) is 0 Å². The van der Waals surface area contributed by atoms with Crippen molar-refractivity contribution in [3.05, 3.63) is 55.9 Å². The van der Waals surface area contributed by atoms with Crippen molar-refractivity contribution in [2.75, 3.05) is 6.61 Å². The Bertz CT molecular complexity index is 1430. The molecular weight excluding hydrogens is 571 g/mol. The van der Waals surface area contributed by atoms with E-state index in [2.05, 4.69) is 45.4 Å². The predicted molar refractivity (Wildman–Crippen MR) is 159 cm³/mol. The van der Waals surface area contributed by atoms with E-state index in [1.54, 1.807) is 6.92 Å². The van der Waals surface area contributed by atoms with Crippen molar-refractivity contribution >= 4 is 26.8 Å². The second kappa shape index (κ2) is 10.2. The van der Waals surface area contributed by atoms with Crippen LogP contribution < -0.4 is 17.0 Å². The number of ether oxygens (including phenoxy) is 1. The van der Waals surface area contributed by atoms with Crippen LogP contribution >= 0.6 is 0 Å². The average Bonchev–Trinajstić information content (AvgIpc) is 3.17. The lowest BCUT2D eigenvalue weighted by atomic mass is 9.88. The van der Waals surface area contributed by atoms with Gasteiger partial charge in [-0.3, -0.25) is 14.3 Å². The largest absolute Gasteiger partial charge is 0.414 e. The highest BCUT2D eigenvalue weighted by molar-refractivity contribution is 7.91. The number of H-pyrrole nitrogens is 1. The number of rotatable bonds is 7. The molecule has 1 aromatic heterocycles. The Labute approximate surface area is 239 Å². The van der Waals surface area contributed by atoms with Crippen molar-refractivity contribution in [3.8, 4) is 0 Å². The van der Waals surface area contributed by atoms with E-state index in [-0.39, 0.29) is 32.8 Å². The summed E-state index contributed by atoms with van der Waals surface area (Å²) in [6, 6.07) is 0. The number of nitrogens with zero attached hydrogens (tertiary/aromatic N) is 1. The summed E-state index contributed by atoms with van der Waals surface area (Å²) < 4.78 is 53.6. The Balaban J connectivity index is 2.32. The maximum absolute atomic E-state index is 13.3. The number of hydrogen-bond donors (Lipinski definition) is 2. The molecule has 2 aliphatic heterocycles. The Kier molecular flexibility index (Phi) is 8.31. The normalized spacial score (nSPS) is 27.5. The van der Waals surface area contributed by atoms with Gasteiger partial charge >= 0.3 is 5.69 Å². The summed E-state index contributed by atoms with van der Waals surface area (Å²) >= 11 is 0. The average molecular weight is 616 g/mol. The summed E-state index contributed by atoms with van der Waals surface area (Å²) in [6.45, 7) is 25.6. The molecule has 4 atom stereocenters. The highest BCUT2D eigenvalue weighted by atomic mass is 32.2. The smallest absolute Gasteiger partial charge is 0.330 e. The van der Waals surface area contributed by atoms with Crippen molar-refractivity contribution < 1.29 is 26.2 Å². The third kappa shape index (κ3) is 5.39. The second-order valence-corrected chi connectivity index (χ2v) is 24.8. The molecule has 0 amide bonds. The molecule has 2 unspecified atom stereocenters. The molecule has 3 rings (SSSR count). The number of aromatic amines is 1. The van der Waals surface area contributed by atoms with Gasteiger partial charge in [0.15, 0.2) is 28.5 Å². The highest BCUT2D eigenvalue weighted by Crippen LogP contribution is 2.53. The van der Waals surface area contributed by atoms with Gasteiger partial charge in [-0.05, 0) is 49.3 Å². The molecule has 3 heterocycles. The zero-order valence-corrected chi connectivity index (χ0v) is 28.3. The summed E-state index contributed by atoms with van der Waals surface area (Å²) in [5.41, 5.74) is 3.66. The Hall–Kier alpha value is -1.82. The van der Waals surface area contributed by atoms with E-state index >= 15 is 0 Å². The van der Waals surface area contributed by atoms with E-state index in [0.717, 1.165) is 6.08 Å². The first-order valence-electron chi connectivity index (χ1n) is 13.3. The number of aromatic nitrogens is 2. The Morgan fingerprint density at radius 2 is 1.68 bits per heavy atom. The quantitative estimate of drug-likeness (QED) is 0.346. The maximum Gasteiger partial charge on any atom is 0.330 e. The van der Waals surface area contributed by atoms with Gasteiger partial charge in [-0.15, -0.1) is 0 Å². The van der Waals surface area contributed by atoms with Crippen LogP contribution in [0.4, 0.5) is 0 Å². The van der Waals surface area contributed by atoms with Crippen LogP contribution in [0.2, 0.25) is 36.3 Å².